The van der Waals surface area contributed by atoms with Crippen LogP contribution in [0.25, 0.3) is 0 Å². The van der Waals surface area contributed by atoms with Crippen LogP contribution in [0.15, 0.2) is 24.3 Å². The first kappa shape index (κ1) is 31.7. The lowest BCUT2D eigenvalue weighted by atomic mass is 9.65. The van der Waals surface area contributed by atoms with Gasteiger partial charge in [0.1, 0.15) is 0 Å². The van der Waals surface area contributed by atoms with E-state index in [1.165, 1.54) is 7.11 Å². The highest BCUT2D eigenvalue weighted by molar-refractivity contribution is 5.80. The Morgan fingerprint density at radius 2 is 1.64 bits per heavy atom. The fourth-order valence-electron chi connectivity index (χ4n) is 6.45. The molecule has 44 heavy (non-hydrogen) atoms. The Bertz CT molecular complexity index is 1320. The minimum atomic E-state index is -0.554. The molecule has 2 aromatic carbocycles. The molecule has 3 aliphatic rings. The molecule has 2 aromatic rings. The van der Waals surface area contributed by atoms with E-state index in [1.807, 2.05) is 18.2 Å². The fraction of sp³-hybridized carbons (Fsp3) is 0.562. The van der Waals surface area contributed by atoms with E-state index >= 15 is 0 Å². The normalized spacial score (nSPS) is 21.4. The number of aromatic hydroxyl groups is 1. The number of carbonyl (C=O) groups excluding carboxylic acids is 2. The van der Waals surface area contributed by atoms with E-state index in [4.69, 9.17) is 24.7 Å². The van der Waals surface area contributed by atoms with Crippen molar-refractivity contribution in [3.05, 3.63) is 46.5 Å². The van der Waals surface area contributed by atoms with Crippen molar-refractivity contribution >= 4 is 12.0 Å². The molecule has 12 nitrogen and oxygen atoms in total. The SMILES string of the molecule is COc1cc(C2c3cc4c(cc3[C@@H](NC(=O)NCCCNCCCNCCCCN)[C@H]3COC(=O)[C@H]23)OCO4)cc(C)c1O. The van der Waals surface area contributed by atoms with Gasteiger partial charge in [0.25, 0.3) is 0 Å². The predicted octanol–water partition coefficient (Wildman–Crippen LogP) is 2.41. The number of benzene rings is 2. The minimum absolute atomic E-state index is 0.0565. The number of urea groups is 1. The number of amides is 2. The molecule has 4 atom stereocenters. The zero-order valence-corrected chi connectivity index (χ0v) is 25.6. The number of carbonyl (C=O) groups is 2. The monoisotopic (exact) mass is 611 g/mol. The van der Waals surface area contributed by atoms with E-state index in [-0.39, 0.29) is 37.1 Å². The lowest BCUT2D eigenvalue weighted by molar-refractivity contribution is -0.141. The number of aryl methyl sites for hydroxylation is 1. The van der Waals surface area contributed by atoms with E-state index in [0.29, 0.717) is 29.4 Å². The molecule has 2 amide bonds. The first-order valence-corrected chi connectivity index (χ1v) is 15.6. The molecule has 1 aliphatic carbocycles. The van der Waals surface area contributed by atoms with Gasteiger partial charge in [-0.05, 0) is 106 Å². The molecule has 0 aromatic heterocycles. The van der Waals surface area contributed by atoms with Crippen LogP contribution in [0.5, 0.6) is 23.0 Å². The standard InChI is InChI=1S/C32H45N5O7/c1-19-13-20(14-26(41-2)30(19)38)27-21-15-24-25(44-18-43-24)16-22(21)29(23-17-42-31(39)28(23)27)37-32(40)36-12-6-11-35-10-5-9-34-8-4-3-7-33/h13-16,23,27-29,34-35,38H,3-12,17-18,33H2,1-2H3,(H2,36,37,40)/t23-,27?,28-,29+/m0/s1. The van der Waals surface area contributed by atoms with E-state index < -0.39 is 17.9 Å². The summed E-state index contributed by atoms with van der Waals surface area (Å²) in [5, 5.41) is 23.4. The molecule has 1 fully saturated rings. The van der Waals surface area contributed by atoms with Gasteiger partial charge in [-0.3, -0.25) is 4.79 Å². The third-order valence-corrected chi connectivity index (χ3v) is 8.67. The summed E-state index contributed by atoms with van der Waals surface area (Å²) in [6.07, 6.45) is 3.98. The van der Waals surface area contributed by atoms with Crippen LogP contribution in [-0.2, 0) is 9.53 Å². The van der Waals surface area contributed by atoms with Gasteiger partial charge in [0.15, 0.2) is 23.0 Å². The van der Waals surface area contributed by atoms with E-state index in [0.717, 1.165) is 75.1 Å². The first-order chi connectivity index (χ1) is 21.4. The number of hydrogen-bond acceptors (Lipinski definition) is 10. The minimum Gasteiger partial charge on any atom is -0.504 e. The van der Waals surface area contributed by atoms with Crippen LogP contribution < -0.4 is 41.2 Å². The van der Waals surface area contributed by atoms with Gasteiger partial charge in [0.05, 0.1) is 25.7 Å². The number of hydrogen-bond donors (Lipinski definition) is 6. The van der Waals surface area contributed by atoms with Gasteiger partial charge >= 0.3 is 12.0 Å². The highest BCUT2D eigenvalue weighted by Gasteiger charge is 2.53. The van der Waals surface area contributed by atoms with Crippen LogP contribution >= 0.6 is 0 Å². The number of methoxy groups -OCH3 is 1. The molecular weight excluding hydrogens is 566 g/mol. The Kier molecular flexibility index (Phi) is 10.7. The molecule has 2 aliphatic heterocycles. The summed E-state index contributed by atoms with van der Waals surface area (Å²) in [5.74, 6) is -0.0276. The second-order valence-electron chi connectivity index (χ2n) is 11.6. The Morgan fingerprint density at radius 1 is 0.955 bits per heavy atom. The average Bonchev–Trinajstić information content (AvgIpc) is 3.64. The summed E-state index contributed by atoms with van der Waals surface area (Å²) in [6, 6.07) is 6.64. The number of cyclic esters (lactones) is 1. The van der Waals surface area contributed by atoms with Crippen molar-refractivity contribution in [2.24, 2.45) is 17.6 Å². The number of ether oxygens (including phenoxy) is 4. The molecule has 1 unspecified atom stereocenters. The molecule has 12 heteroatoms. The topological polar surface area (TPSA) is 165 Å². The molecule has 0 spiro atoms. The third-order valence-electron chi connectivity index (χ3n) is 8.67. The largest absolute Gasteiger partial charge is 0.504 e. The van der Waals surface area contributed by atoms with Crippen LogP contribution in [0.3, 0.4) is 0 Å². The molecule has 0 saturated carbocycles. The first-order valence-electron chi connectivity index (χ1n) is 15.6. The number of fused-ring (bicyclic) bond motifs is 3. The maximum Gasteiger partial charge on any atom is 0.315 e. The van der Waals surface area contributed by atoms with Gasteiger partial charge in [-0.2, -0.15) is 0 Å². The van der Waals surface area contributed by atoms with Crippen molar-refractivity contribution in [3.8, 4) is 23.0 Å². The highest BCUT2D eigenvalue weighted by atomic mass is 16.7. The molecular formula is C32H45N5O7. The van der Waals surface area contributed by atoms with Gasteiger partial charge < -0.3 is 51.1 Å². The quantitative estimate of drug-likeness (QED) is 0.130. The lowest BCUT2D eigenvalue weighted by Gasteiger charge is -2.39. The lowest BCUT2D eigenvalue weighted by Crippen LogP contribution is -2.46. The van der Waals surface area contributed by atoms with Gasteiger partial charge in [0, 0.05) is 18.4 Å². The predicted molar refractivity (Wildman–Crippen MR) is 164 cm³/mol. The van der Waals surface area contributed by atoms with Gasteiger partial charge in [-0.25, -0.2) is 4.79 Å². The number of rotatable bonds is 15. The highest BCUT2D eigenvalue weighted by Crippen LogP contribution is 2.54. The summed E-state index contributed by atoms with van der Waals surface area (Å²) in [5.41, 5.74) is 8.64. The van der Waals surface area contributed by atoms with Crippen LogP contribution in [0.2, 0.25) is 0 Å². The Hall–Kier alpha value is -3.74. The average molecular weight is 612 g/mol. The Morgan fingerprint density at radius 3 is 2.34 bits per heavy atom. The summed E-state index contributed by atoms with van der Waals surface area (Å²) < 4.78 is 22.4. The number of unbranched alkanes of at least 4 members (excludes halogenated alkanes) is 1. The Labute approximate surface area is 258 Å². The summed E-state index contributed by atoms with van der Waals surface area (Å²) in [4.78, 5) is 26.4. The molecule has 1 saturated heterocycles. The smallest absolute Gasteiger partial charge is 0.315 e. The third kappa shape index (κ3) is 6.98. The summed E-state index contributed by atoms with van der Waals surface area (Å²) in [6.45, 7) is 7.00. The zero-order chi connectivity index (χ0) is 31.1. The van der Waals surface area contributed by atoms with Crippen LogP contribution in [0.4, 0.5) is 4.79 Å². The molecule has 7 N–H and O–H groups in total. The van der Waals surface area contributed by atoms with Gasteiger partial charge in [-0.1, -0.05) is 6.07 Å². The van der Waals surface area contributed by atoms with E-state index in [2.05, 4.69) is 21.3 Å². The van der Waals surface area contributed by atoms with Crippen molar-refractivity contribution in [3.63, 3.8) is 0 Å². The number of phenolic OH excluding ortho intramolecular Hbond substituents is 1. The number of esters is 1. The molecule has 2 heterocycles. The maximum atomic E-state index is 13.3. The summed E-state index contributed by atoms with van der Waals surface area (Å²) in [7, 11) is 1.50. The molecule has 0 radical (unpaired) electrons. The van der Waals surface area contributed by atoms with Crippen molar-refractivity contribution in [2.45, 2.75) is 44.6 Å². The van der Waals surface area contributed by atoms with Gasteiger partial charge in [0.2, 0.25) is 6.79 Å². The second kappa shape index (κ2) is 14.8. The van der Waals surface area contributed by atoms with E-state index in [1.54, 1.807) is 13.0 Å². The molecule has 0 bridgehead atoms. The van der Waals surface area contributed by atoms with Crippen LogP contribution in [0, 0.1) is 18.8 Å². The van der Waals surface area contributed by atoms with E-state index in [9.17, 15) is 14.7 Å². The fourth-order valence-corrected chi connectivity index (χ4v) is 6.45. The van der Waals surface area contributed by atoms with Crippen molar-refractivity contribution in [1.29, 1.82) is 0 Å². The Balaban J connectivity index is 1.25. The van der Waals surface area contributed by atoms with Crippen molar-refractivity contribution < 1.29 is 33.6 Å². The second-order valence-corrected chi connectivity index (χ2v) is 11.6. The van der Waals surface area contributed by atoms with Crippen molar-refractivity contribution in [1.82, 2.24) is 21.3 Å². The zero-order valence-electron chi connectivity index (χ0n) is 25.6. The molecule has 240 valence electrons. The number of nitrogens with one attached hydrogen (secondary N) is 4. The summed E-state index contributed by atoms with van der Waals surface area (Å²) >= 11 is 0. The van der Waals surface area contributed by atoms with Crippen molar-refractivity contribution in [2.75, 3.05) is 59.8 Å². The molecule has 5 rings (SSSR count). The number of nitrogens with two attached hydrogens (primary N) is 1. The number of phenols is 1. The van der Waals surface area contributed by atoms with Crippen LogP contribution in [0.1, 0.15) is 59.9 Å². The van der Waals surface area contributed by atoms with Crippen LogP contribution in [-0.4, -0.2) is 76.9 Å². The maximum absolute atomic E-state index is 13.3. The van der Waals surface area contributed by atoms with Gasteiger partial charge in [-0.15, -0.1) is 0 Å².